The number of likely N-dealkylation sites (N-methyl/N-ethyl adjacent to an activating group) is 1. The number of rotatable bonds is 4. The van der Waals surface area contributed by atoms with Crippen molar-refractivity contribution < 1.29 is 18.0 Å². The van der Waals surface area contributed by atoms with E-state index < -0.39 is 20.5 Å². The molecule has 0 aromatic heterocycles. The van der Waals surface area contributed by atoms with Gasteiger partial charge in [0.1, 0.15) is 4.75 Å². The first-order valence-electron chi connectivity index (χ1n) is 8.22. The second-order valence-electron chi connectivity index (χ2n) is 7.09. The van der Waals surface area contributed by atoms with Gasteiger partial charge in [0.05, 0.1) is 18.2 Å². The van der Waals surface area contributed by atoms with E-state index in [0.717, 1.165) is 12.8 Å². The maximum atomic E-state index is 12.4. The zero-order valence-electron chi connectivity index (χ0n) is 13.7. The molecule has 1 aliphatic carbocycles. The Kier molecular flexibility index (Phi) is 4.16. The van der Waals surface area contributed by atoms with Crippen LogP contribution < -0.4 is 5.32 Å². The highest BCUT2D eigenvalue weighted by atomic mass is 32.2. The van der Waals surface area contributed by atoms with Crippen molar-refractivity contribution in [3.8, 4) is 0 Å². The number of nitrogens with zero attached hydrogens (tertiary/aromatic N) is 2. The number of carbonyl (C=O) groups excluding carboxylic acids is 2. The standard InChI is InChI=1S/C15H25N3O4S/c1-16-14(20)12-6-7-23(21,22)15(12)9-18(10-15)13(19)8-17(2)11-4-3-5-11/h11-12H,3-10H2,1-2H3,(H,16,20). The van der Waals surface area contributed by atoms with Gasteiger partial charge < -0.3 is 10.2 Å². The predicted molar refractivity (Wildman–Crippen MR) is 85.5 cm³/mol. The molecule has 1 atom stereocenters. The molecule has 8 heteroatoms. The van der Waals surface area contributed by atoms with Crippen molar-refractivity contribution in [2.75, 3.05) is 39.5 Å². The van der Waals surface area contributed by atoms with Crippen LogP contribution in [0.4, 0.5) is 0 Å². The van der Waals surface area contributed by atoms with Crippen LogP contribution in [0.15, 0.2) is 0 Å². The molecular formula is C15H25N3O4S. The molecule has 0 aromatic carbocycles. The Hall–Kier alpha value is -1.15. The van der Waals surface area contributed by atoms with E-state index in [1.807, 2.05) is 7.05 Å². The number of sulfone groups is 1. The second-order valence-corrected chi connectivity index (χ2v) is 9.54. The molecule has 23 heavy (non-hydrogen) atoms. The third kappa shape index (κ3) is 2.55. The van der Waals surface area contributed by atoms with Crippen LogP contribution in [-0.4, -0.2) is 80.3 Å². The summed E-state index contributed by atoms with van der Waals surface area (Å²) in [5.74, 6) is -0.770. The third-order valence-corrected chi connectivity index (χ3v) is 8.40. The molecule has 3 fully saturated rings. The Labute approximate surface area is 137 Å². The van der Waals surface area contributed by atoms with Crippen LogP contribution in [0.25, 0.3) is 0 Å². The van der Waals surface area contributed by atoms with Crippen LogP contribution in [0, 0.1) is 5.92 Å². The van der Waals surface area contributed by atoms with Gasteiger partial charge in [-0.15, -0.1) is 0 Å². The number of carbonyl (C=O) groups is 2. The van der Waals surface area contributed by atoms with Crippen molar-refractivity contribution in [2.45, 2.75) is 36.5 Å². The van der Waals surface area contributed by atoms with Crippen molar-refractivity contribution in [3.63, 3.8) is 0 Å². The van der Waals surface area contributed by atoms with E-state index in [0.29, 0.717) is 19.0 Å². The molecule has 1 saturated carbocycles. The number of nitrogens with one attached hydrogen (secondary N) is 1. The van der Waals surface area contributed by atoms with Gasteiger partial charge in [0.25, 0.3) is 0 Å². The highest BCUT2D eigenvalue weighted by molar-refractivity contribution is 7.93. The molecule has 3 rings (SSSR count). The van der Waals surface area contributed by atoms with E-state index in [-0.39, 0.29) is 30.7 Å². The molecule has 7 nitrogen and oxygen atoms in total. The highest BCUT2D eigenvalue weighted by Gasteiger charge is 2.64. The van der Waals surface area contributed by atoms with Crippen LogP contribution >= 0.6 is 0 Å². The van der Waals surface area contributed by atoms with E-state index in [1.165, 1.54) is 13.5 Å². The minimum absolute atomic E-state index is 0.0368. The monoisotopic (exact) mass is 343 g/mol. The second kappa shape index (κ2) is 5.73. The molecule has 130 valence electrons. The zero-order valence-corrected chi connectivity index (χ0v) is 14.6. The summed E-state index contributed by atoms with van der Waals surface area (Å²) in [5.41, 5.74) is 0. The lowest BCUT2D eigenvalue weighted by atomic mass is 9.82. The molecule has 0 aromatic rings. The third-order valence-electron chi connectivity index (χ3n) is 5.84. The lowest BCUT2D eigenvalue weighted by Gasteiger charge is -2.50. The minimum atomic E-state index is -3.33. The van der Waals surface area contributed by atoms with Crippen molar-refractivity contribution in [1.29, 1.82) is 0 Å². The molecule has 2 heterocycles. The summed E-state index contributed by atoms with van der Waals surface area (Å²) < 4.78 is 23.8. The maximum absolute atomic E-state index is 12.4. The highest BCUT2D eigenvalue weighted by Crippen LogP contribution is 2.44. The fraction of sp³-hybridized carbons (Fsp3) is 0.867. The van der Waals surface area contributed by atoms with Crippen molar-refractivity contribution in [1.82, 2.24) is 15.1 Å². The summed E-state index contributed by atoms with van der Waals surface area (Å²) in [7, 11) is 0.138. The molecule has 1 unspecified atom stereocenters. The molecule has 1 N–H and O–H groups in total. The van der Waals surface area contributed by atoms with Gasteiger partial charge in [0.15, 0.2) is 9.84 Å². The lowest BCUT2D eigenvalue weighted by Crippen LogP contribution is -2.70. The largest absolute Gasteiger partial charge is 0.359 e. The van der Waals surface area contributed by atoms with Gasteiger partial charge in [-0.2, -0.15) is 0 Å². The van der Waals surface area contributed by atoms with E-state index in [9.17, 15) is 18.0 Å². The summed E-state index contributed by atoms with van der Waals surface area (Å²) >= 11 is 0. The summed E-state index contributed by atoms with van der Waals surface area (Å²) in [6.07, 6.45) is 3.82. The molecule has 3 aliphatic rings. The molecule has 0 bridgehead atoms. The molecule has 1 spiro atoms. The first kappa shape index (κ1) is 16.7. The average Bonchev–Trinajstić information content (AvgIpc) is 2.65. The lowest BCUT2D eigenvalue weighted by molar-refractivity contribution is -0.142. The molecule has 2 aliphatic heterocycles. The first-order valence-corrected chi connectivity index (χ1v) is 9.88. The van der Waals surface area contributed by atoms with Crippen LogP contribution in [-0.2, 0) is 19.4 Å². The van der Waals surface area contributed by atoms with E-state index >= 15 is 0 Å². The smallest absolute Gasteiger partial charge is 0.236 e. The normalized spacial score (nSPS) is 28.5. The Morgan fingerprint density at radius 2 is 1.91 bits per heavy atom. The predicted octanol–water partition coefficient (Wildman–Crippen LogP) is -0.768. The molecule has 2 amide bonds. The first-order chi connectivity index (χ1) is 10.8. The quantitative estimate of drug-likeness (QED) is 0.725. The molecule has 0 radical (unpaired) electrons. The van der Waals surface area contributed by atoms with E-state index in [2.05, 4.69) is 10.2 Å². The maximum Gasteiger partial charge on any atom is 0.236 e. The average molecular weight is 343 g/mol. The van der Waals surface area contributed by atoms with Gasteiger partial charge in [0.2, 0.25) is 11.8 Å². The van der Waals surface area contributed by atoms with Gasteiger partial charge in [-0.3, -0.25) is 14.5 Å². The summed E-state index contributed by atoms with van der Waals surface area (Å²) in [5, 5.41) is 2.56. The van der Waals surface area contributed by atoms with Crippen LogP contribution in [0.1, 0.15) is 25.7 Å². The molecular weight excluding hydrogens is 318 g/mol. The van der Waals surface area contributed by atoms with Crippen molar-refractivity contribution in [3.05, 3.63) is 0 Å². The van der Waals surface area contributed by atoms with E-state index in [4.69, 9.17) is 0 Å². The number of hydrogen-bond acceptors (Lipinski definition) is 5. The van der Waals surface area contributed by atoms with Crippen LogP contribution in [0.2, 0.25) is 0 Å². The number of amides is 2. The summed E-state index contributed by atoms with van der Waals surface area (Å²) in [4.78, 5) is 28.0. The Morgan fingerprint density at radius 3 is 2.43 bits per heavy atom. The van der Waals surface area contributed by atoms with Crippen molar-refractivity contribution >= 4 is 21.7 Å². The van der Waals surface area contributed by atoms with Crippen molar-refractivity contribution in [2.24, 2.45) is 5.92 Å². The zero-order chi connectivity index (χ0) is 16.8. The van der Waals surface area contributed by atoms with Gasteiger partial charge in [-0.05, 0) is 26.3 Å². The number of hydrogen-bond donors (Lipinski definition) is 1. The van der Waals surface area contributed by atoms with Crippen LogP contribution in [0.5, 0.6) is 0 Å². The minimum Gasteiger partial charge on any atom is -0.359 e. The SMILES string of the molecule is CNC(=O)C1CCS(=O)(=O)C12CN(C(=O)CN(C)C1CCC1)C2. The Morgan fingerprint density at radius 1 is 1.26 bits per heavy atom. The molecule has 2 saturated heterocycles. The van der Waals surface area contributed by atoms with Crippen LogP contribution in [0.3, 0.4) is 0 Å². The van der Waals surface area contributed by atoms with E-state index in [1.54, 1.807) is 4.90 Å². The van der Waals surface area contributed by atoms with Gasteiger partial charge >= 0.3 is 0 Å². The fourth-order valence-corrected chi connectivity index (χ4v) is 6.28. The van der Waals surface area contributed by atoms with Gasteiger partial charge in [-0.1, -0.05) is 6.42 Å². The Bertz CT molecular complexity index is 608. The summed E-state index contributed by atoms with van der Waals surface area (Å²) in [6.45, 7) is 0.640. The van der Waals surface area contributed by atoms with Gasteiger partial charge in [0, 0.05) is 26.2 Å². The Balaban J connectivity index is 1.65. The van der Waals surface area contributed by atoms with Gasteiger partial charge in [-0.25, -0.2) is 8.42 Å². The topological polar surface area (TPSA) is 86.8 Å². The fourth-order valence-electron chi connectivity index (χ4n) is 3.96. The summed E-state index contributed by atoms with van der Waals surface area (Å²) in [6, 6.07) is 0.475. The number of likely N-dealkylation sites (tertiary alicyclic amines) is 1.